The van der Waals surface area contributed by atoms with Gasteiger partial charge in [-0.05, 0) is 34.1 Å². The Hall–Kier alpha value is -1.85. The first-order valence-corrected chi connectivity index (χ1v) is 5.65. The molecule has 0 aliphatic heterocycles. The number of carbonyl (C=O) groups is 3. The Morgan fingerprint density at radius 3 is 2.00 bits per heavy atom. The van der Waals surface area contributed by atoms with Gasteiger partial charge < -0.3 is 10.4 Å². The van der Waals surface area contributed by atoms with Crippen LogP contribution < -0.4 is 10.6 Å². The Balaban J connectivity index is 4.65. The largest absolute Gasteiger partial charge is 0.478 e. The molecule has 0 atom stereocenters. The van der Waals surface area contributed by atoms with Gasteiger partial charge in [0.2, 0.25) is 0 Å². The van der Waals surface area contributed by atoms with E-state index < -0.39 is 23.4 Å². The van der Waals surface area contributed by atoms with E-state index in [0.29, 0.717) is 6.42 Å². The van der Waals surface area contributed by atoms with Gasteiger partial charge in [-0.1, -0.05) is 6.92 Å². The number of hydrogen-bond donors (Lipinski definition) is 3. The van der Waals surface area contributed by atoms with Gasteiger partial charge in [0.15, 0.2) is 0 Å². The Kier molecular flexibility index (Phi) is 5.55. The molecular formula is C12H20N2O4. The Bertz CT molecular complexity index is 397. The Labute approximate surface area is 106 Å². The first-order valence-electron chi connectivity index (χ1n) is 5.65. The van der Waals surface area contributed by atoms with Crippen molar-refractivity contribution < 1.29 is 19.5 Å². The maximum absolute atomic E-state index is 11.6. The van der Waals surface area contributed by atoms with Crippen LogP contribution in [0.1, 0.15) is 41.0 Å². The number of carboxylic acids is 1. The molecule has 0 fully saturated rings. The summed E-state index contributed by atoms with van der Waals surface area (Å²) < 4.78 is 0. The van der Waals surface area contributed by atoms with Crippen LogP contribution in [-0.2, 0) is 9.59 Å². The van der Waals surface area contributed by atoms with E-state index in [2.05, 4.69) is 10.6 Å². The van der Waals surface area contributed by atoms with Crippen LogP contribution in [0.2, 0.25) is 0 Å². The van der Waals surface area contributed by atoms with Crippen molar-refractivity contribution in [3.05, 3.63) is 11.1 Å². The third-order valence-corrected chi connectivity index (χ3v) is 2.79. The number of amides is 3. The lowest BCUT2D eigenvalue weighted by Gasteiger charge is -2.24. The number of rotatable bonds is 4. The van der Waals surface area contributed by atoms with Gasteiger partial charge in [-0.25, -0.2) is 9.59 Å². The van der Waals surface area contributed by atoms with Gasteiger partial charge in [0.05, 0.1) is 0 Å². The number of nitrogens with one attached hydrogen (secondary N) is 2. The van der Waals surface area contributed by atoms with Crippen LogP contribution in [0, 0.1) is 0 Å². The smallest absolute Gasteiger partial charge is 0.331 e. The van der Waals surface area contributed by atoms with Gasteiger partial charge in [-0.2, -0.15) is 0 Å². The number of hydrogen-bond acceptors (Lipinski definition) is 3. The lowest BCUT2D eigenvalue weighted by molar-refractivity contribution is -0.133. The molecule has 0 aromatic rings. The zero-order valence-corrected chi connectivity index (χ0v) is 11.4. The summed E-state index contributed by atoms with van der Waals surface area (Å²) in [5.74, 6) is -1.89. The lowest BCUT2D eigenvalue weighted by atomic mass is 10.0. The molecule has 3 N–H and O–H groups in total. The molecular weight excluding hydrogens is 236 g/mol. The highest BCUT2D eigenvalue weighted by atomic mass is 16.4. The highest BCUT2D eigenvalue weighted by Gasteiger charge is 2.20. The van der Waals surface area contributed by atoms with Crippen LogP contribution >= 0.6 is 0 Å². The molecule has 18 heavy (non-hydrogen) atoms. The highest BCUT2D eigenvalue weighted by Crippen LogP contribution is 2.07. The average Bonchev–Trinajstić information content (AvgIpc) is 2.25. The summed E-state index contributed by atoms with van der Waals surface area (Å²) in [5.41, 5.74) is -0.508. The standard InChI is InChI=1S/C12H20N2O4/c1-6-12(4,5)14-11(18)13-9(15)7(2)8(3)10(16)17/h6H2,1-5H3,(H,16,17)(H2,13,14,15,18)/b8-7-. The van der Waals surface area contributed by atoms with E-state index in [1.165, 1.54) is 13.8 Å². The molecule has 3 amide bonds. The van der Waals surface area contributed by atoms with Gasteiger partial charge >= 0.3 is 12.0 Å². The molecule has 0 bridgehead atoms. The molecule has 0 rings (SSSR count). The van der Waals surface area contributed by atoms with Crippen molar-refractivity contribution in [2.45, 2.75) is 46.6 Å². The van der Waals surface area contributed by atoms with Crippen LogP contribution in [0.15, 0.2) is 11.1 Å². The summed E-state index contributed by atoms with van der Waals surface area (Å²) in [5, 5.41) is 13.4. The second kappa shape index (κ2) is 6.18. The number of urea groups is 1. The van der Waals surface area contributed by atoms with Crippen molar-refractivity contribution in [2.75, 3.05) is 0 Å². The zero-order valence-electron chi connectivity index (χ0n) is 11.4. The number of aliphatic carboxylic acids is 1. The van der Waals surface area contributed by atoms with Gasteiger partial charge in [0.1, 0.15) is 0 Å². The minimum absolute atomic E-state index is 0.00644. The van der Waals surface area contributed by atoms with Crippen LogP contribution in [0.25, 0.3) is 0 Å². The molecule has 0 heterocycles. The molecule has 0 radical (unpaired) electrons. The monoisotopic (exact) mass is 256 g/mol. The summed E-state index contributed by atoms with van der Waals surface area (Å²) in [6.07, 6.45) is 0.706. The van der Waals surface area contributed by atoms with Gasteiger partial charge in [0.25, 0.3) is 5.91 Å². The molecule has 102 valence electrons. The van der Waals surface area contributed by atoms with Crippen molar-refractivity contribution >= 4 is 17.9 Å². The molecule has 0 aliphatic rings. The molecule has 6 nitrogen and oxygen atoms in total. The predicted molar refractivity (Wildman–Crippen MR) is 67.1 cm³/mol. The Morgan fingerprint density at radius 1 is 1.11 bits per heavy atom. The fourth-order valence-electron chi connectivity index (χ4n) is 0.955. The third kappa shape index (κ3) is 4.99. The topological polar surface area (TPSA) is 95.5 Å². The molecule has 0 aromatic carbocycles. The summed E-state index contributed by atoms with van der Waals surface area (Å²) in [7, 11) is 0. The van der Waals surface area contributed by atoms with Crippen LogP contribution in [0.4, 0.5) is 4.79 Å². The van der Waals surface area contributed by atoms with E-state index in [4.69, 9.17) is 5.11 Å². The fraction of sp³-hybridized carbons (Fsp3) is 0.583. The van der Waals surface area contributed by atoms with Gasteiger partial charge in [0, 0.05) is 16.7 Å². The van der Waals surface area contributed by atoms with Crippen LogP contribution in [0.3, 0.4) is 0 Å². The maximum atomic E-state index is 11.6. The zero-order chi connectivity index (χ0) is 14.5. The summed E-state index contributed by atoms with van der Waals surface area (Å²) >= 11 is 0. The van der Waals surface area contributed by atoms with Crippen LogP contribution in [-0.4, -0.2) is 28.6 Å². The maximum Gasteiger partial charge on any atom is 0.331 e. The van der Waals surface area contributed by atoms with Gasteiger partial charge in [-0.15, -0.1) is 0 Å². The van der Waals surface area contributed by atoms with E-state index in [1.54, 1.807) is 0 Å². The van der Waals surface area contributed by atoms with Crippen molar-refractivity contribution in [1.82, 2.24) is 10.6 Å². The minimum atomic E-state index is -1.18. The molecule has 0 aliphatic carbocycles. The van der Waals surface area contributed by atoms with Crippen molar-refractivity contribution in [1.29, 1.82) is 0 Å². The van der Waals surface area contributed by atoms with Crippen molar-refractivity contribution in [2.24, 2.45) is 0 Å². The van der Waals surface area contributed by atoms with Crippen LogP contribution in [0.5, 0.6) is 0 Å². The Morgan fingerprint density at radius 2 is 1.61 bits per heavy atom. The van der Waals surface area contributed by atoms with E-state index >= 15 is 0 Å². The molecule has 0 saturated heterocycles. The second-order valence-electron chi connectivity index (χ2n) is 4.70. The van der Waals surface area contributed by atoms with E-state index in [1.807, 2.05) is 20.8 Å². The second-order valence-corrected chi connectivity index (χ2v) is 4.70. The van der Waals surface area contributed by atoms with E-state index in [9.17, 15) is 14.4 Å². The predicted octanol–water partition coefficient (Wildman–Crippen LogP) is 1.42. The van der Waals surface area contributed by atoms with Crippen molar-refractivity contribution in [3.63, 3.8) is 0 Å². The van der Waals surface area contributed by atoms with E-state index in [-0.39, 0.29) is 11.1 Å². The number of carboxylic acid groups (broad SMARTS) is 1. The minimum Gasteiger partial charge on any atom is -0.478 e. The average molecular weight is 256 g/mol. The normalized spacial score (nSPS) is 12.5. The third-order valence-electron chi connectivity index (χ3n) is 2.79. The first kappa shape index (κ1) is 16.1. The van der Waals surface area contributed by atoms with E-state index in [0.717, 1.165) is 0 Å². The van der Waals surface area contributed by atoms with Crippen molar-refractivity contribution in [3.8, 4) is 0 Å². The molecule has 0 unspecified atom stereocenters. The molecule has 0 aromatic heterocycles. The summed E-state index contributed by atoms with van der Waals surface area (Å²) in [6, 6.07) is -0.635. The quantitative estimate of drug-likeness (QED) is 0.663. The van der Waals surface area contributed by atoms with Gasteiger partial charge in [-0.3, -0.25) is 10.1 Å². The number of imide groups is 1. The molecule has 0 spiro atoms. The summed E-state index contributed by atoms with van der Waals surface area (Å²) in [4.78, 5) is 33.8. The summed E-state index contributed by atoms with van der Waals surface area (Å²) in [6.45, 7) is 8.22. The fourth-order valence-corrected chi connectivity index (χ4v) is 0.955. The first-order chi connectivity index (χ1) is 8.10. The molecule has 6 heteroatoms. The lowest BCUT2D eigenvalue weighted by Crippen LogP contribution is -2.49. The molecule has 0 saturated carbocycles. The SMILES string of the molecule is CCC(C)(C)NC(=O)NC(=O)/C(C)=C(/C)C(=O)O. The highest BCUT2D eigenvalue weighted by molar-refractivity contribution is 6.07. The number of carbonyl (C=O) groups excluding carboxylic acids is 2.